The summed E-state index contributed by atoms with van der Waals surface area (Å²) in [5.74, 6) is 1.99. The first-order valence-corrected chi connectivity index (χ1v) is 10.6. The lowest BCUT2D eigenvalue weighted by molar-refractivity contribution is -0.139. The topological polar surface area (TPSA) is 87.2 Å². The van der Waals surface area contributed by atoms with Crippen LogP contribution in [0.3, 0.4) is 0 Å². The molecular formula is C21H30N6O2. The maximum Gasteiger partial charge on any atom is 0.225 e. The van der Waals surface area contributed by atoms with Crippen LogP contribution in [0.1, 0.15) is 39.5 Å². The van der Waals surface area contributed by atoms with Crippen LogP contribution >= 0.6 is 0 Å². The molecule has 4 rings (SSSR count). The van der Waals surface area contributed by atoms with Gasteiger partial charge >= 0.3 is 0 Å². The highest BCUT2D eigenvalue weighted by molar-refractivity contribution is 5.79. The van der Waals surface area contributed by atoms with E-state index in [1.807, 2.05) is 24.3 Å². The van der Waals surface area contributed by atoms with Crippen LogP contribution in [0.5, 0.6) is 5.75 Å². The molecule has 1 saturated heterocycles. The van der Waals surface area contributed by atoms with Crippen molar-refractivity contribution in [3.8, 4) is 17.1 Å². The second-order valence-electron chi connectivity index (χ2n) is 8.32. The molecule has 1 aromatic heterocycles. The highest BCUT2D eigenvalue weighted by Gasteiger charge is 2.32. The lowest BCUT2D eigenvalue weighted by Crippen LogP contribution is -2.52. The normalized spacial score (nSPS) is 23.3. The molecule has 0 atom stereocenters. The van der Waals surface area contributed by atoms with E-state index in [2.05, 4.69) is 44.3 Å². The number of piperazine rings is 1. The maximum absolute atomic E-state index is 12.9. The number of aromatic amines is 1. The number of nitrogens with zero attached hydrogens (tertiary/aromatic N) is 5. The Hall–Kier alpha value is -2.48. The summed E-state index contributed by atoms with van der Waals surface area (Å²) in [6, 6.07) is 8.35. The molecule has 0 spiro atoms. The summed E-state index contributed by atoms with van der Waals surface area (Å²) >= 11 is 0. The van der Waals surface area contributed by atoms with Crippen LogP contribution in [0, 0.1) is 5.92 Å². The van der Waals surface area contributed by atoms with Crippen molar-refractivity contribution in [1.82, 2.24) is 30.4 Å². The number of nitrogens with one attached hydrogen (secondary N) is 1. The van der Waals surface area contributed by atoms with Crippen LogP contribution in [0.15, 0.2) is 24.3 Å². The van der Waals surface area contributed by atoms with Crippen LogP contribution in [0.2, 0.25) is 0 Å². The van der Waals surface area contributed by atoms with Crippen molar-refractivity contribution >= 4 is 5.91 Å². The van der Waals surface area contributed by atoms with E-state index in [0.29, 0.717) is 17.8 Å². The molecule has 0 radical (unpaired) electrons. The largest absolute Gasteiger partial charge is 0.490 e. The van der Waals surface area contributed by atoms with Crippen LogP contribution in [-0.2, 0) is 4.79 Å². The smallest absolute Gasteiger partial charge is 0.225 e. The van der Waals surface area contributed by atoms with E-state index >= 15 is 0 Å². The average Bonchev–Trinajstić information content (AvgIpc) is 3.29. The fourth-order valence-electron chi connectivity index (χ4n) is 4.31. The second-order valence-corrected chi connectivity index (χ2v) is 8.32. The second kappa shape index (κ2) is 8.90. The number of tetrazole rings is 1. The van der Waals surface area contributed by atoms with Crippen molar-refractivity contribution in [3.05, 3.63) is 24.3 Å². The Morgan fingerprint density at radius 2 is 1.76 bits per heavy atom. The van der Waals surface area contributed by atoms with E-state index in [9.17, 15) is 4.79 Å². The number of carbonyl (C=O) groups excluding carboxylic acids is 1. The molecule has 8 nitrogen and oxygen atoms in total. The highest BCUT2D eigenvalue weighted by Crippen LogP contribution is 2.30. The van der Waals surface area contributed by atoms with Gasteiger partial charge in [-0.25, -0.2) is 5.10 Å². The lowest BCUT2D eigenvalue weighted by atomic mass is 9.86. The van der Waals surface area contributed by atoms with E-state index < -0.39 is 0 Å². The van der Waals surface area contributed by atoms with Crippen molar-refractivity contribution in [2.24, 2.45) is 5.92 Å². The summed E-state index contributed by atoms with van der Waals surface area (Å²) in [5, 5.41) is 13.9. The minimum atomic E-state index is 0.154. The SMILES string of the molecule is CC(C)N1CCN(C(=O)C2CCC(Oc3ccc(-c4nnn[nH]4)cc3)CC2)CC1. The van der Waals surface area contributed by atoms with Gasteiger partial charge in [0.1, 0.15) is 5.75 Å². The Morgan fingerprint density at radius 1 is 1.07 bits per heavy atom. The van der Waals surface area contributed by atoms with E-state index in [0.717, 1.165) is 63.2 Å². The third-order valence-electron chi connectivity index (χ3n) is 6.16. The van der Waals surface area contributed by atoms with Crippen LogP contribution in [0.25, 0.3) is 11.4 Å². The lowest BCUT2D eigenvalue weighted by Gasteiger charge is -2.39. The molecular weight excluding hydrogens is 368 g/mol. The number of H-pyrrole nitrogens is 1. The molecule has 1 aromatic carbocycles. The summed E-state index contributed by atoms with van der Waals surface area (Å²) in [7, 11) is 0. The van der Waals surface area contributed by atoms with Crippen molar-refractivity contribution in [1.29, 1.82) is 0 Å². The molecule has 2 aliphatic rings. The minimum absolute atomic E-state index is 0.154. The number of ether oxygens (including phenoxy) is 1. The Bertz CT molecular complexity index is 776. The monoisotopic (exact) mass is 398 g/mol. The van der Waals surface area contributed by atoms with Gasteiger partial charge in [0.05, 0.1) is 6.10 Å². The quantitative estimate of drug-likeness (QED) is 0.832. The van der Waals surface area contributed by atoms with E-state index in [1.54, 1.807) is 0 Å². The highest BCUT2D eigenvalue weighted by atomic mass is 16.5. The third kappa shape index (κ3) is 4.75. The number of hydrogen-bond donors (Lipinski definition) is 1. The molecule has 0 bridgehead atoms. The van der Waals surface area contributed by atoms with Crippen LogP contribution < -0.4 is 4.74 Å². The Morgan fingerprint density at radius 3 is 2.34 bits per heavy atom. The first kappa shape index (κ1) is 19.8. The zero-order valence-corrected chi connectivity index (χ0v) is 17.3. The summed E-state index contributed by atoms with van der Waals surface area (Å²) in [5.41, 5.74) is 0.925. The maximum atomic E-state index is 12.9. The molecule has 2 aromatic rings. The molecule has 2 heterocycles. The minimum Gasteiger partial charge on any atom is -0.490 e. The number of rotatable bonds is 5. The molecule has 8 heteroatoms. The number of amides is 1. The molecule has 1 saturated carbocycles. The van der Waals surface area contributed by atoms with Crippen molar-refractivity contribution in [2.75, 3.05) is 26.2 Å². The van der Waals surface area contributed by atoms with Gasteiger partial charge in [-0.3, -0.25) is 9.69 Å². The molecule has 2 fully saturated rings. The molecule has 29 heavy (non-hydrogen) atoms. The summed E-state index contributed by atoms with van der Waals surface area (Å²) < 4.78 is 6.15. The number of benzene rings is 1. The van der Waals surface area contributed by atoms with Gasteiger partial charge in [0.25, 0.3) is 0 Å². The molecule has 1 aliphatic carbocycles. The first-order valence-electron chi connectivity index (χ1n) is 10.6. The van der Waals surface area contributed by atoms with Crippen LogP contribution in [0.4, 0.5) is 0 Å². The molecule has 156 valence electrons. The summed E-state index contributed by atoms with van der Waals surface area (Å²) in [6.07, 6.45) is 3.85. The Labute approximate surface area is 171 Å². The third-order valence-corrected chi connectivity index (χ3v) is 6.16. The predicted octanol–water partition coefficient (Wildman–Crippen LogP) is 2.36. The number of carbonyl (C=O) groups is 1. The number of aromatic nitrogens is 4. The molecule has 1 N–H and O–H groups in total. The summed E-state index contributed by atoms with van der Waals surface area (Å²) in [4.78, 5) is 17.4. The van der Waals surface area contributed by atoms with E-state index in [-0.39, 0.29) is 12.0 Å². The van der Waals surface area contributed by atoms with Gasteiger partial charge in [-0.15, -0.1) is 5.10 Å². The zero-order chi connectivity index (χ0) is 20.2. The average molecular weight is 399 g/mol. The predicted molar refractivity (Wildman–Crippen MR) is 109 cm³/mol. The van der Waals surface area contributed by atoms with Gasteiger partial charge in [0.15, 0.2) is 5.82 Å². The van der Waals surface area contributed by atoms with Crippen molar-refractivity contribution < 1.29 is 9.53 Å². The van der Waals surface area contributed by atoms with Crippen LogP contribution in [-0.4, -0.2) is 74.7 Å². The summed E-state index contributed by atoms with van der Waals surface area (Å²) in [6.45, 7) is 8.14. The molecule has 1 amide bonds. The fraction of sp³-hybridized carbons (Fsp3) is 0.619. The van der Waals surface area contributed by atoms with Gasteiger partial charge < -0.3 is 9.64 Å². The van der Waals surface area contributed by atoms with Crippen molar-refractivity contribution in [2.45, 2.75) is 51.7 Å². The van der Waals surface area contributed by atoms with Gasteiger partial charge in [-0.2, -0.15) is 0 Å². The Balaban J connectivity index is 1.24. The van der Waals surface area contributed by atoms with Crippen molar-refractivity contribution in [3.63, 3.8) is 0 Å². The molecule has 0 unspecified atom stereocenters. The van der Waals surface area contributed by atoms with E-state index in [1.165, 1.54) is 0 Å². The van der Waals surface area contributed by atoms with E-state index in [4.69, 9.17) is 4.74 Å². The van der Waals surface area contributed by atoms with Gasteiger partial charge in [-0.1, -0.05) is 0 Å². The van der Waals surface area contributed by atoms with Gasteiger partial charge in [0.2, 0.25) is 5.91 Å². The van der Waals surface area contributed by atoms with Gasteiger partial charge in [-0.05, 0) is 74.2 Å². The zero-order valence-electron chi connectivity index (χ0n) is 17.3. The number of hydrogen-bond acceptors (Lipinski definition) is 6. The fourth-order valence-corrected chi connectivity index (χ4v) is 4.31. The first-order chi connectivity index (χ1) is 14.1. The molecule has 1 aliphatic heterocycles. The standard InChI is InChI=1S/C21H30N6O2/c1-15(2)26-11-13-27(14-12-26)21(28)17-5-9-19(10-6-17)29-18-7-3-16(4-8-18)20-22-24-25-23-20/h3-4,7-8,15,17,19H,5-6,9-14H2,1-2H3,(H,22,23,24,25). The Kier molecular flexibility index (Phi) is 6.08. The van der Waals surface area contributed by atoms with Gasteiger partial charge in [0, 0.05) is 43.7 Å².